The van der Waals surface area contributed by atoms with Crippen LogP contribution in [0.25, 0.3) is 0 Å². The van der Waals surface area contributed by atoms with Crippen molar-refractivity contribution in [1.29, 1.82) is 0 Å². The average molecular weight is 244 g/mol. The van der Waals surface area contributed by atoms with Crippen molar-refractivity contribution in [3.05, 3.63) is 47.5 Å². The number of rotatable bonds is 4. The summed E-state index contributed by atoms with van der Waals surface area (Å²) in [6.45, 7) is 8.88. The first kappa shape index (κ1) is 12.7. The minimum atomic E-state index is 0.405. The Morgan fingerprint density at radius 3 is 2.44 bits per heavy atom. The number of benzene rings is 1. The molecule has 0 N–H and O–H groups in total. The second-order valence-electron chi connectivity index (χ2n) is 4.90. The summed E-state index contributed by atoms with van der Waals surface area (Å²) in [6.07, 6.45) is 2.07. The number of ether oxygens (including phenoxy) is 1. The molecule has 0 saturated heterocycles. The van der Waals surface area contributed by atoms with Gasteiger partial charge >= 0.3 is 0 Å². The van der Waals surface area contributed by atoms with Gasteiger partial charge in [0.2, 0.25) is 0 Å². The Hall–Kier alpha value is -1.77. The highest BCUT2D eigenvalue weighted by Crippen LogP contribution is 2.16. The SMILES string of the molecule is Cc1ccc(OCc2nc(C)cn2C(C)C)cc1. The summed E-state index contributed by atoms with van der Waals surface area (Å²) in [5.41, 5.74) is 2.27. The number of hydrogen-bond acceptors (Lipinski definition) is 2. The molecule has 1 heterocycles. The maximum atomic E-state index is 5.77. The quantitative estimate of drug-likeness (QED) is 0.820. The fraction of sp³-hybridized carbons (Fsp3) is 0.400. The van der Waals surface area contributed by atoms with E-state index in [1.165, 1.54) is 5.56 Å². The zero-order valence-electron chi connectivity index (χ0n) is 11.5. The fourth-order valence-electron chi connectivity index (χ4n) is 1.90. The Kier molecular flexibility index (Phi) is 3.70. The molecule has 3 nitrogen and oxygen atoms in total. The zero-order chi connectivity index (χ0) is 13.1. The van der Waals surface area contributed by atoms with Gasteiger partial charge in [-0.05, 0) is 39.8 Å². The summed E-state index contributed by atoms with van der Waals surface area (Å²) in [5, 5.41) is 0. The van der Waals surface area contributed by atoms with Gasteiger partial charge in [-0.1, -0.05) is 17.7 Å². The van der Waals surface area contributed by atoms with Crippen molar-refractivity contribution in [1.82, 2.24) is 9.55 Å². The van der Waals surface area contributed by atoms with Gasteiger partial charge in [0.15, 0.2) is 0 Å². The van der Waals surface area contributed by atoms with Crippen LogP contribution in [0, 0.1) is 13.8 Å². The minimum absolute atomic E-state index is 0.405. The van der Waals surface area contributed by atoms with Gasteiger partial charge in [-0.2, -0.15) is 0 Å². The number of nitrogens with zero attached hydrogens (tertiary/aromatic N) is 2. The Labute approximate surface area is 108 Å². The van der Waals surface area contributed by atoms with Crippen molar-refractivity contribution in [3.63, 3.8) is 0 Å². The zero-order valence-corrected chi connectivity index (χ0v) is 11.5. The first-order valence-electron chi connectivity index (χ1n) is 6.30. The van der Waals surface area contributed by atoms with E-state index in [1.807, 2.05) is 19.1 Å². The molecule has 18 heavy (non-hydrogen) atoms. The molecule has 0 saturated carbocycles. The van der Waals surface area contributed by atoms with Gasteiger partial charge in [-0.25, -0.2) is 4.98 Å². The van der Waals surface area contributed by atoms with Crippen LogP contribution in [0.5, 0.6) is 5.75 Å². The Morgan fingerprint density at radius 2 is 1.83 bits per heavy atom. The van der Waals surface area contributed by atoms with Crippen LogP contribution in [0.4, 0.5) is 0 Å². The third kappa shape index (κ3) is 2.92. The normalized spacial score (nSPS) is 10.9. The maximum absolute atomic E-state index is 5.77. The lowest BCUT2D eigenvalue weighted by Gasteiger charge is -2.12. The van der Waals surface area contributed by atoms with Gasteiger partial charge < -0.3 is 9.30 Å². The van der Waals surface area contributed by atoms with Crippen LogP contribution in [0.3, 0.4) is 0 Å². The van der Waals surface area contributed by atoms with E-state index in [4.69, 9.17) is 4.74 Å². The first-order chi connectivity index (χ1) is 8.56. The molecule has 96 valence electrons. The number of aromatic nitrogens is 2. The summed E-state index contributed by atoms with van der Waals surface area (Å²) in [4.78, 5) is 4.50. The van der Waals surface area contributed by atoms with Crippen LogP contribution >= 0.6 is 0 Å². The minimum Gasteiger partial charge on any atom is -0.486 e. The van der Waals surface area contributed by atoms with Gasteiger partial charge in [0.1, 0.15) is 18.2 Å². The molecule has 0 aliphatic rings. The Bertz CT molecular complexity index is 512. The predicted molar refractivity (Wildman–Crippen MR) is 72.9 cm³/mol. The van der Waals surface area contributed by atoms with Gasteiger partial charge in [-0.15, -0.1) is 0 Å². The molecule has 1 aromatic heterocycles. The van der Waals surface area contributed by atoms with E-state index in [1.54, 1.807) is 0 Å². The number of aryl methyl sites for hydroxylation is 2. The number of imidazole rings is 1. The van der Waals surface area contributed by atoms with Crippen molar-refractivity contribution in [2.75, 3.05) is 0 Å². The molecule has 0 aliphatic heterocycles. The summed E-state index contributed by atoms with van der Waals surface area (Å²) in [5.74, 6) is 1.86. The van der Waals surface area contributed by atoms with Crippen molar-refractivity contribution in [2.45, 2.75) is 40.3 Å². The van der Waals surface area contributed by atoms with Crippen molar-refractivity contribution in [3.8, 4) is 5.75 Å². The second kappa shape index (κ2) is 5.25. The van der Waals surface area contributed by atoms with E-state index >= 15 is 0 Å². The van der Waals surface area contributed by atoms with E-state index < -0.39 is 0 Å². The Balaban J connectivity index is 2.08. The highest BCUT2D eigenvalue weighted by molar-refractivity contribution is 5.26. The fourth-order valence-corrected chi connectivity index (χ4v) is 1.90. The standard InChI is InChI=1S/C15H20N2O/c1-11(2)17-9-13(4)16-15(17)10-18-14-7-5-12(3)6-8-14/h5-9,11H,10H2,1-4H3. The van der Waals surface area contributed by atoms with E-state index in [0.29, 0.717) is 12.6 Å². The first-order valence-corrected chi connectivity index (χ1v) is 6.30. The molecule has 0 unspecified atom stereocenters. The van der Waals surface area contributed by atoms with Crippen LogP contribution < -0.4 is 4.74 Å². The molecular weight excluding hydrogens is 224 g/mol. The predicted octanol–water partition coefficient (Wildman–Crippen LogP) is 3.66. The third-order valence-electron chi connectivity index (χ3n) is 2.87. The van der Waals surface area contributed by atoms with Gasteiger partial charge in [0, 0.05) is 12.2 Å². The molecule has 2 rings (SSSR count). The van der Waals surface area contributed by atoms with Crippen LogP contribution in [0.15, 0.2) is 30.5 Å². The molecule has 0 spiro atoms. The van der Waals surface area contributed by atoms with Crippen LogP contribution in [-0.4, -0.2) is 9.55 Å². The van der Waals surface area contributed by atoms with Crippen LogP contribution in [0.2, 0.25) is 0 Å². The topological polar surface area (TPSA) is 27.1 Å². The lowest BCUT2D eigenvalue weighted by Crippen LogP contribution is -2.08. The molecule has 2 aromatic rings. The molecule has 0 bridgehead atoms. The van der Waals surface area contributed by atoms with Crippen LogP contribution in [-0.2, 0) is 6.61 Å². The van der Waals surface area contributed by atoms with Crippen molar-refractivity contribution >= 4 is 0 Å². The molecule has 1 aromatic carbocycles. The highest BCUT2D eigenvalue weighted by Gasteiger charge is 2.08. The average Bonchev–Trinajstić information content (AvgIpc) is 2.70. The lowest BCUT2D eigenvalue weighted by atomic mass is 10.2. The monoisotopic (exact) mass is 244 g/mol. The summed E-state index contributed by atoms with van der Waals surface area (Å²) in [6, 6.07) is 8.49. The smallest absolute Gasteiger partial charge is 0.147 e. The summed E-state index contributed by atoms with van der Waals surface area (Å²) in [7, 11) is 0. The molecule has 0 amide bonds. The highest BCUT2D eigenvalue weighted by atomic mass is 16.5. The van der Waals surface area contributed by atoms with Gasteiger partial charge in [0.25, 0.3) is 0 Å². The van der Waals surface area contributed by atoms with E-state index in [0.717, 1.165) is 17.3 Å². The second-order valence-corrected chi connectivity index (χ2v) is 4.90. The van der Waals surface area contributed by atoms with Crippen LogP contribution in [0.1, 0.15) is 37.0 Å². The summed E-state index contributed by atoms with van der Waals surface area (Å²) >= 11 is 0. The van der Waals surface area contributed by atoms with Gasteiger partial charge in [-0.3, -0.25) is 0 Å². The molecule has 0 fully saturated rings. The molecule has 3 heteroatoms. The Morgan fingerprint density at radius 1 is 1.17 bits per heavy atom. The molecule has 0 aliphatic carbocycles. The largest absolute Gasteiger partial charge is 0.486 e. The summed E-state index contributed by atoms with van der Waals surface area (Å²) < 4.78 is 7.92. The van der Waals surface area contributed by atoms with Gasteiger partial charge in [0.05, 0.1) is 5.69 Å². The lowest BCUT2D eigenvalue weighted by molar-refractivity contribution is 0.286. The maximum Gasteiger partial charge on any atom is 0.147 e. The van der Waals surface area contributed by atoms with E-state index in [-0.39, 0.29) is 0 Å². The molecular formula is C15H20N2O. The molecule has 0 radical (unpaired) electrons. The van der Waals surface area contributed by atoms with Crippen molar-refractivity contribution < 1.29 is 4.74 Å². The third-order valence-corrected chi connectivity index (χ3v) is 2.87. The van der Waals surface area contributed by atoms with E-state index in [9.17, 15) is 0 Å². The molecule has 0 atom stereocenters. The number of hydrogen-bond donors (Lipinski definition) is 0. The van der Waals surface area contributed by atoms with E-state index in [2.05, 4.69) is 48.7 Å². The van der Waals surface area contributed by atoms with Crippen molar-refractivity contribution in [2.24, 2.45) is 0 Å².